The number of benzene rings is 3. The summed E-state index contributed by atoms with van der Waals surface area (Å²) in [7, 11) is 1.32. The number of aromatic nitrogens is 1. The number of aromatic amines is 1. The largest absolute Gasteiger partial charge is 0.508 e. The highest BCUT2D eigenvalue weighted by molar-refractivity contribution is 7.99. The Labute approximate surface area is 544 Å². The quantitative estimate of drug-likeness (QED) is 0.0178. The van der Waals surface area contributed by atoms with Crippen molar-refractivity contribution in [3.05, 3.63) is 102 Å². The van der Waals surface area contributed by atoms with Crippen LogP contribution in [0.25, 0.3) is 10.9 Å². The van der Waals surface area contributed by atoms with E-state index >= 15 is 9.59 Å². The van der Waals surface area contributed by atoms with E-state index in [1.165, 1.54) is 45.2 Å². The summed E-state index contributed by atoms with van der Waals surface area (Å²) >= 11 is 5.20. The van der Waals surface area contributed by atoms with Crippen molar-refractivity contribution in [2.45, 2.75) is 151 Å². The van der Waals surface area contributed by atoms with Gasteiger partial charge in [0.15, 0.2) is 0 Å². The molecule has 1 saturated heterocycles. The number of thiol groups is 1. The van der Waals surface area contributed by atoms with Crippen LogP contribution in [0.3, 0.4) is 0 Å². The highest BCUT2D eigenvalue weighted by Crippen LogP contribution is 2.21. The molecule has 12 atom stereocenters. The molecule has 0 radical (unpaired) electrons. The van der Waals surface area contributed by atoms with Gasteiger partial charge in [-0.15, -0.1) is 0 Å². The number of amides is 10. The number of fused-ring (bicyclic) bond motifs is 1. The number of hydrogen-bond acceptors (Lipinski definition) is 19. The number of nitrogens with two attached hydrogens (primary N) is 3. The molecule has 30 heteroatoms. The van der Waals surface area contributed by atoms with Gasteiger partial charge in [-0.1, -0.05) is 60.7 Å². The lowest BCUT2D eigenvalue weighted by Crippen LogP contribution is -2.63. The fourth-order valence-electron chi connectivity index (χ4n) is 10.1. The van der Waals surface area contributed by atoms with Crippen LogP contribution in [0.5, 0.6) is 5.75 Å². The number of aromatic hydroxyl groups is 1. The van der Waals surface area contributed by atoms with Gasteiger partial charge in [0.1, 0.15) is 60.1 Å². The SMILES string of the molecule is C[C@@H](O)[C@@H]1NC(=O)[C@H](CCCCN)NC(=O)[C@@H](Cc2c[nH]c3ccccc23)NC(=O)[C@H](Cc2ccc(O)cc2)NC(=O)[C@H](CCSCC(=O)NC[C@H](N)C(=O)N[C@@H](CCCCN)C(=O)N[C@@H](CS)C(=O)N[C@H](CO)[C@@H](C)O)N(C)C(=O)[C@H](Cc2ccccc2)NC1=O. The number of phenols is 1. The molecule has 0 bridgehead atoms. The zero-order valence-electron chi connectivity index (χ0n) is 51.9. The number of nitrogens with zero attached hydrogens (tertiary/aromatic N) is 1. The van der Waals surface area contributed by atoms with Crippen molar-refractivity contribution < 1.29 is 68.4 Å². The van der Waals surface area contributed by atoms with E-state index in [0.717, 1.165) is 27.6 Å². The van der Waals surface area contributed by atoms with Crippen LogP contribution in [0.4, 0.5) is 0 Å². The van der Waals surface area contributed by atoms with Crippen molar-refractivity contribution in [2.75, 3.05) is 50.5 Å². The topological polar surface area (TPSA) is 457 Å². The Bertz CT molecular complexity index is 3090. The molecule has 1 fully saturated rings. The number of rotatable bonds is 31. The Hall–Kier alpha value is -7.84. The molecule has 1 aliphatic heterocycles. The van der Waals surface area contributed by atoms with Crippen LogP contribution >= 0.6 is 24.4 Å². The van der Waals surface area contributed by atoms with Gasteiger partial charge in [-0.05, 0) is 113 Å². The molecule has 1 aliphatic rings. The van der Waals surface area contributed by atoms with Gasteiger partial charge in [-0.2, -0.15) is 24.4 Å². The average molecular weight is 1320 g/mol. The third-order valence-electron chi connectivity index (χ3n) is 15.5. The Morgan fingerprint density at radius 2 is 1.24 bits per heavy atom. The Morgan fingerprint density at radius 1 is 0.663 bits per heavy atom. The minimum atomic E-state index is -1.68. The van der Waals surface area contributed by atoms with E-state index in [0.29, 0.717) is 42.4 Å². The van der Waals surface area contributed by atoms with Crippen molar-refractivity contribution >= 4 is 94.4 Å². The Kier molecular flexibility index (Phi) is 31.1. The molecular weight excluding hydrogens is 1230 g/mol. The number of para-hydroxylation sites is 1. The van der Waals surface area contributed by atoms with Crippen molar-refractivity contribution in [1.82, 2.24) is 57.7 Å². The van der Waals surface area contributed by atoms with E-state index in [2.05, 4.69) is 65.5 Å². The Balaban J connectivity index is 1.43. The number of carbonyl (C=O) groups excluding carboxylic acids is 10. The van der Waals surface area contributed by atoms with Crippen molar-refractivity contribution in [3.63, 3.8) is 0 Å². The van der Waals surface area contributed by atoms with Crippen molar-refractivity contribution in [3.8, 4) is 5.75 Å². The number of carbonyl (C=O) groups is 10. The van der Waals surface area contributed by atoms with Crippen molar-refractivity contribution in [1.29, 1.82) is 0 Å². The zero-order valence-corrected chi connectivity index (χ0v) is 53.6. The predicted molar refractivity (Wildman–Crippen MR) is 349 cm³/mol. The smallest absolute Gasteiger partial charge is 0.245 e. The molecule has 4 aromatic rings. The number of H-pyrrole nitrogens is 1. The molecule has 0 aliphatic carbocycles. The molecule has 92 heavy (non-hydrogen) atoms. The summed E-state index contributed by atoms with van der Waals surface area (Å²) < 4.78 is 0. The maximum Gasteiger partial charge on any atom is 0.245 e. The van der Waals surface area contributed by atoms with Crippen LogP contribution in [0, 0.1) is 0 Å². The van der Waals surface area contributed by atoms with Crippen LogP contribution in [0.15, 0.2) is 85.1 Å². The molecule has 1 aromatic heterocycles. The number of aliphatic hydroxyl groups excluding tert-OH is 3. The summed E-state index contributed by atoms with van der Waals surface area (Å²) in [5.74, 6) is -8.56. The van der Waals surface area contributed by atoms with Gasteiger partial charge in [-0.25, -0.2) is 0 Å². The summed E-state index contributed by atoms with van der Waals surface area (Å²) in [5, 5.41) is 65.3. The van der Waals surface area contributed by atoms with Gasteiger partial charge >= 0.3 is 0 Å². The first-order valence-electron chi connectivity index (χ1n) is 30.6. The van der Waals surface area contributed by atoms with Gasteiger partial charge in [0.05, 0.1) is 30.6 Å². The van der Waals surface area contributed by atoms with E-state index in [-0.39, 0.29) is 74.6 Å². The first-order chi connectivity index (χ1) is 44.0. The van der Waals surface area contributed by atoms with E-state index in [1.807, 2.05) is 18.2 Å². The van der Waals surface area contributed by atoms with E-state index in [9.17, 15) is 58.8 Å². The predicted octanol–water partition coefficient (Wildman–Crippen LogP) is -2.87. The van der Waals surface area contributed by atoms with Crippen molar-refractivity contribution in [2.24, 2.45) is 17.2 Å². The molecule has 0 saturated carbocycles. The molecule has 0 unspecified atom stereocenters. The van der Waals surface area contributed by atoms with E-state index in [1.54, 1.807) is 42.6 Å². The summed E-state index contributed by atoms with van der Waals surface area (Å²) in [6, 6.07) is 8.08. The fourth-order valence-corrected chi connectivity index (χ4v) is 11.2. The number of hydrogen-bond donors (Lipinski definition) is 18. The molecule has 504 valence electrons. The molecule has 5 rings (SSSR count). The first-order valence-corrected chi connectivity index (χ1v) is 32.4. The monoisotopic (exact) mass is 1320 g/mol. The van der Waals surface area contributed by atoms with E-state index < -0.39 is 145 Å². The van der Waals surface area contributed by atoms with Gasteiger partial charge in [-0.3, -0.25) is 47.9 Å². The maximum atomic E-state index is 15.1. The number of phenolic OH excluding ortho intramolecular Hbond substituents is 1. The normalized spacial score (nSPS) is 20.7. The Morgan fingerprint density at radius 3 is 1.89 bits per heavy atom. The third kappa shape index (κ3) is 23.4. The lowest BCUT2D eigenvalue weighted by molar-refractivity contribution is -0.143. The van der Waals surface area contributed by atoms with Crippen LogP contribution in [-0.2, 0) is 67.2 Å². The van der Waals surface area contributed by atoms with Crippen LogP contribution in [-0.4, -0.2) is 213 Å². The molecule has 20 N–H and O–H groups in total. The third-order valence-corrected chi connectivity index (χ3v) is 16.9. The van der Waals surface area contributed by atoms with Crippen LogP contribution in [0.1, 0.15) is 75.5 Å². The molecule has 3 aromatic carbocycles. The molecule has 28 nitrogen and oxygen atoms in total. The van der Waals surface area contributed by atoms with Gasteiger partial charge in [0.25, 0.3) is 0 Å². The summed E-state index contributed by atoms with van der Waals surface area (Å²) in [5.41, 5.74) is 20.1. The average Bonchev–Trinajstić information content (AvgIpc) is 1.53. The molecule has 10 amide bonds. The van der Waals surface area contributed by atoms with Gasteiger partial charge in [0.2, 0.25) is 59.1 Å². The zero-order chi connectivity index (χ0) is 67.4. The highest BCUT2D eigenvalue weighted by Gasteiger charge is 2.39. The number of likely N-dealkylation sites (N-methyl/N-ethyl adjacent to an activating group) is 1. The van der Waals surface area contributed by atoms with Crippen LogP contribution in [0.2, 0.25) is 0 Å². The second-order valence-electron chi connectivity index (χ2n) is 22.7. The molecular formula is C62H90N14O14S2. The number of thioether (sulfide) groups is 1. The van der Waals surface area contributed by atoms with Gasteiger partial charge < -0.3 is 95.4 Å². The minimum Gasteiger partial charge on any atom is -0.508 e. The second kappa shape index (κ2) is 38.2. The summed E-state index contributed by atoms with van der Waals surface area (Å²) in [6.07, 6.45) is 0.171. The fraction of sp³-hybridized carbons (Fsp3) is 0.516. The lowest BCUT2D eigenvalue weighted by Gasteiger charge is -2.33. The highest BCUT2D eigenvalue weighted by atomic mass is 32.2. The van der Waals surface area contributed by atoms with E-state index in [4.69, 9.17) is 17.2 Å². The minimum absolute atomic E-state index is 0.000222. The second-order valence-corrected chi connectivity index (χ2v) is 24.2. The van der Waals surface area contributed by atoms with Gasteiger partial charge in [0, 0.05) is 55.7 Å². The standard InChI is InChI=1S/C62H90N14O14S2/c1-35(78)49(32-77)73-59(87)50(33-91)74-55(83)44(17-9-11-24-63)68-54(82)42(65)31-67-52(81)34-92-26-23-51-60(88)71-46(27-38-19-21-40(80)22-20-38)57(85)70-47(29-39-30-66-43-16-8-7-15-41(39)43)58(86)69-45(18-10-12-25-64)56(84)75-53(36(2)79)61(89)72-48(62(90)76(51)3)28-37-13-5-4-6-14-37/h4-8,13-16,19-22,30,35-36,42,44-51,53,66,77-80,91H,9-12,17-18,23-29,31-34,63-65H2,1-3H3,(H,67,81)(H,68,82)(H,69,86)(H,70,85)(H,71,88)(H,72,89)(H,73,87)(H,74,83)(H,75,84)/t35-,36-,42+,44+,45+,46+,47-,48+,49-,50+,51+,53+/m1/s1. The first kappa shape index (κ1) is 74.9. The lowest BCUT2D eigenvalue weighted by atomic mass is 10.00. The number of unbranched alkanes of at least 4 members (excludes halogenated alkanes) is 2. The number of aliphatic hydroxyl groups is 3. The summed E-state index contributed by atoms with van der Waals surface area (Å²) in [4.78, 5) is 146. The van der Waals surface area contributed by atoms with Crippen LogP contribution < -0.4 is 65.1 Å². The molecule has 0 spiro atoms. The molecule has 2 heterocycles. The number of nitrogens with one attached hydrogen (secondary N) is 10. The summed E-state index contributed by atoms with van der Waals surface area (Å²) in [6.45, 7) is 2.20. The maximum absolute atomic E-state index is 15.1.